The summed E-state index contributed by atoms with van der Waals surface area (Å²) in [5.41, 5.74) is -1.04. The molecule has 0 saturated carbocycles. The number of carboxylic acid groups (broad SMARTS) is 1. The van der Waals surface area contributed by atoms with Gasteiger partial charge in [-0.3, -0.25) is 9.59 Å². The van der Waals surface area contributed by atoms with E-state index >= 15 is 4.39 Å². The fourth-order valence-electron chi connectivity index (χ4n) is 4.34. The first-order valence-corrected chi connectivity index (χ1v) is 11.2. The summed E-state index contributed by atoms with van der Waals surface area (Å²) in [7, 11) is 0. The lowest BCUT2D eigenvalue weighted by Gasteiger charge is -2.24. The van der Waals surface area contributed by atoms with Gasteiger partial charge < -0.3 is 20.5 Å². The molecule has 1 amide bonds. The number of aliphatic carboxylic acids is 1. The number of amides is 1. The van der Waals surface area contributed by atoms with Gasteiger partial charge in [0, 0.05) is 11.1 Å². The predicted octanol–water partition coefficient (Wildman–Crippen LogP) is 6.03. The molecule has 4 rings (SSSR count). The van der Waals surface area contributed by atoms with Crippen LogP contribution in [0, 0.1) is 12.7 Å². The first-order valence-electron chi connectivity index (χ1n) is 11.2. The van der Waals surface area contributed by atoms with Crippen LogP contribution in [0.5, 0.6) is 11.5 Å². The number of halogens is 4. The van der Waals surface area contributed by atoms with Gasteiger partial charge in [-0.15, -0.1) is 0 Å². The predicted molar refractivity (Wildman–Crippen MR) is 127 cm³/mol. The normalized spacial score (nSPS) is 17.2. The number of alkyl halides is 3. The standard InChI is InChI=1S/C27H22F4N2O4/c1-3-32-25-15-7-5-8-17(10-15)37-21-9-4-6-14(2)23(21)16-11-18(20(13-22(34)35)33-26(25)36)24(28)19(12-16)27(29,30)31/h3-12,20,25,32H,1,13H2,2H3,(H,33,36)(H,34,35)/t20-,25-/m0/s1. The minimum absolute atomic E-state index is 0.0439. The van der Waals surface area contributed by atoms with Gasteiger partial charge in [0.2, 0.25) is 5.91 Å². The third-order valence-corrected chi connectivity index (χ3v) is 5.97. The van der Waals surface area contributed by atoms with E-state index in [0.717, 1.165) is 6.07 Å². The van der Waals surface area contributed by atoms with Crippen molar-refractivity contribution in [3.8, 4) is 22.6 Å². The summed E-state index contributed by atoms with van der Waals surface area (Å²) in [5, 5.41) is 14.6. The highest BCUT2D eigenvalue weighted by Gasteiger charge is 2.38. The van der Waals surface area contributed by atoms with Crippen LogP contribution in [0.2, 0.25) is 0 Å². The van der Waals surface area contributed by atoms with Crippen LogP contribution in [-0.2, 0) is 15.8 Å². The van der Waals surface area contributed by atoms with Crippen molar-refractivity contribution < 1.29 is 37.0 Å². The molecule has 37 heavy (non-hydrogen) atoms. The number of ether oxygens (including phenoxy) is 1. The molecule has 3 aromatic carbocycles. The fraction of sp³-hybridized carbons (Fsp3) is 0.185. The maximum Gasteiger partial charge on any atom is 0.419 e. The molecule has 6 nitrogen and oxygen atoms in total. The number of rotatable bonds is 4. The van der Waals surface area contributed by atoms with Crippen molar-refractivity contribution in [2.45, 2.75) is 31.6 Å². The van der Waals surface area contributed by atoms with Gasteiger partial charge in [-0.2, -0.15) is 13.2 Å². The highest BCUT2D eigenvalue weighted by molar-refractivity contribution is 5.85. The van der Waals surface area contributed by atoms with Crippen molar-refractivity contribution in [3.05, 3.63) is 95.4 Å². The average Bonchev–Trinajstić information content (AvgIpc) is 2.81. The molecule has 0 unspecified atom stereocenters. The Morgan fingerprint density at radius 3 is 2.59 bits per heavy atom. The van der Waals surface area contributed by atoms with Crippen LogP contribution in [-0.4, -0.2) is 17.0 Å². The maximum absolute atomic E-state index is 15.4. The lowest BCUT2D eigenvalue weighted by Crippen LogP contribution is -2.39. The monoisotopic (exact) mass is 514 g/mol. The largest absolute Gasteiger partial charge is 0.481 e. The van der Waals surface area contributed by atoms with Gasteiger partial charge >= 0.3 is 12.1 Å². The molecular weight excluding hydrogens is 492 g/mol. The summed E-state index contributed by atoms with van der Waals surface area (Å²) in [5.74, 6) is -3.41. The molecule has 0 spiro atoms. The Hall–Kier alpha value is -4.34. The molecule has 3 N–H and O–H groups in total. The summed E-state index contributed by atoms with van der Waals surface area (Å²) >= 11 is 0. The SMILES string of the molecule is C=CN[C@@H]1C(=O)N[C@@H](CC(=O)O)c2cc(cc(C(F)(F)F)c2F)-c2c(C)cccc2Oc2cccc1c2. The van der Waals surface area contributed by atoms with E-state index in [1.807, 2.05) is 0 Å². The van der Waals surface area contributed by atoms with E-state index < -0.39 is 53.5 Å². The second-order valence-electron chi connectivity index (χ2n) is 8.51. The van der Waals surface area contributed by atoms with Gasteiger partial charge in [0.05, 0.1) is 18.0 Å². The second kappa shape index (κ2) is 9.96. The molecule has 0 saturated heterocycles. The van der Waals surface area contributed by atoms with E-state index in [1.165, 1.54) is 6.20 Å². The van der Waals surface area contributed by atoms with Crippen LogP contribution >= 0.6 is 0 Å². The molecule has 0 radical (unpaired) electrons. The molecule has 0 aliphatic carbocycles. The lowest BCUT2D eigenvalue weighted by atomic mass is 9.91. The zero-order chi connectivity index (χ0) is 26.9. The first-order chi connectivity index (χ1) is 17.5. The lowest BCUT2D eigenvalue weighted by molar-refractivity contribution is -0.140. The van der Waals surface area contributed by atoms with E-state index in [0.29, 0.717) is 22.9 Å². The minimum Gasteiger partial charge on any atom is -0.481 e. The van der Waals surface area contributed by atoms with E-state index in [1.54, 1.807) is 49.4 Å². The zero-order valence-corrected chi connectivity index (χ0v) is 19.5. The van der Waals surface area contributed by atoms with Crippen LogP contribution in [0.4, 0.5) is 17.6 Å². The Labute approximate surface area is 209 Å². The summed E-state index contributed by atoms with van der Waals surface area (Å²) in [6.45, 7) is 5.21. The zero-order valence-electron chi connectivity index (χ0n) is 19.5. The third kappa shape index (κ3) is 5.28. The van der Waals surface area contributed by atoms with E-state index in [-0.39, 0.29) is 16.9 Å². The number of aryl methyl sites for hydroxylation is 1. The molecule has 0 fully saturated rings. The second-order valence-corrected chi connectivity index (χ2v) is 8.51. The topological polar surface area (TPSA) is 87.7 Å². The summed E-state index contributed by atoms with van der Waals surface area (Å²) in [4.78, 5) is 24.9. The number of hydrogen-bond donors (Lipinski definition) is 3. The summed E-state index contributed by atoms with van der Waals surface area (Å²) in [6, 6.07) is 10.3. The fourth-order valence-corrected chi connectivity index (χ4v) is 4.34. The molecule has 10 heteroatoms. The summed E-state index contributed by atoms with van der Waals surface area (Å²) in [6.07, 6.45) is -4.71. The van der Waals surface area contributed by atoms with Gasteiger partial charge in [-0.05, 0) is 60.1 Å². The number of benzene rings is 3. The number of carbonyl (C=O) groups is 2. The Kier molecular flexibility index (Phi) is 6.93. The highest BCUT2D eigenvalue weighted by Crippen LogP contribution is 2.43. The Bertz CT molecular complexity index is 1390. The van der Waals surface area contributed by atoms with Crippen LogP contribution in [0.15, 0.2) is 67.4 Å². The maximum atomic E-state index is 15.4. The highest BCUT2D eigenvalue weighted by atomic mass is 19.4. The number of fused-ring (bicyclic) bond motifs is 6. The van der Waals surface area contributed by atoms with Crippen molar-refractivity contribution in [2.75, 3.05) is 0 Å². The van der Waals surface area contributed by atoms with Crippen LogP contribution in [0.3, 0.4) is 0 Å². The smallest absolute Gasteiger partial charge is 0.419 e. The molecule has 192 valence electrons. The van der Waals surface area contributed by atoms with Gasteiger partial charge in [-0.25, -0.2) is 4.39 Å². The molecule has 4 bridgehead atoms. The van der Waals surface area contributed by atoms with Gasteiger partial charge in [0.15, 0.2) is 0 Å². The quantitative estimate of drug-likeness (QED) is 0.370. The van der Waals surface area contributed by atoms with Crippen molar-refractivity contribution in [2.24, 2.45) is 0 Å². The Balaban J connectivity index is 2.07. The van der Waals surface area contributed by atoms with E-state index in [2.05, 4.69) is 17.2 Å². The molecule has 3 aromatic rings. The summed E-state index contributed by atoms with van der Waals surface area (Å²) < 4.78 is 63.3. The number of carboxylic acids is 1. The Morgan fingerprint density at radius 1 is 1.19 bits per heavy atom. The first kappa shape index (κ1) is 25.7. The molecule has 0 aromatic heterocycles. The average molecular weight is 514 g/mol. The number of carbonyl (C=O) groups excluding carboxylic acids is 1. The third-order valence-electron chi connectivity index (χ3n) is 5.97. The molecule has 1 heterocycles. The van der Waals surface area contributed by atoms with Gasteiger partial charge in [0.25, 0.3) is 0 Å². The Morgan fingerprint density at radius 2 is 1.92 bits per heavy atom. The van der Waals surface area contributed by atoms with Crippen LogP contribution < -0.4 is 15.4 Å². The van der Waals surface area contributed by atoms with Crippen molar-refractivity contribution >= 4 is 11.9 Å². The molecule has 1 aliphatic rings. The number of nitrogens with one attached hydrogen (secondary N) is 2. The van der Waals surface area contributed by atoms with E-state index in [9.17, 15) is 27.9 Å². The van der Waals surface area contributed by atoms with Crippen molar-refractivity contribution in [1.82, 2.24) is 10.6 Å². The number of hydrogen-bond acceptors (Lipinski definition) is 4. The van der Waals surface area contributed by atoms with Gasteiger partial charge in [-0.1, -0.05) is 30.8 Å². The molecular formula is C27H22F4N2O4. The van der Waals surface area contributed by atoms with E-state index in [4.69, 9.17) is 4.74 Å². The minimum atomic E-state index is -5.09. The van der Waals surface area contributed by atoms with Crippen LogP contribution in [0.25, 0.3) is 11.1 Å². The molecule has 1 aliphatic heterocycles. The van der Waals surface area contributed by atoms with Crippen LogP contribution in [0.1, 0.15) is 40.8 Å². The van der Waals surface area contributed by atoms with Crippen molar-refractivity contribution in [1.29, 1.82) is 0 Å². The van der Waals surface area contributed by atoms with Gasteiger partial charge in [0.1, 0.15) is 23.4 Å². The van der Waals surface area contributed by atoms with Crippen molar-refractivity contribution in [3.63, 3.8) is 0 Å². The molecule has 2 atom stereocenters.